The van der Waals surface area contributed by atoms with Gasteiger partial charge in [0.15, 0.2) is 17.5 Å². The minimum Gasteiger partial charge on any atom is -0.493 e. The van der Waals surface area contributed by atoms with Crippen molar-refractivity contribution in [2.45, 2.75) is 19.9 Å². The summed E-state index contributed by atoms with van der Waals surface area (Å²) in [5.41, 5.74) is 0.860. The fourth-order valence-corrected chi connectivity index (χ4v) is 2.26. The summed E-state index contributed by atoms with van der Waals surface area (Å²) in [5.74, 6) is 2.99. The molecule has 0 aliphatic carbocycles. The summed E-state index contributed by atoms with van der Waals surface area (Å²) < 4.78 is 12.6. The highest BCUT2D eigenvalue weighted by Gasteiger charge is 2.06. The standard InChI is InChI=1S/C16H24N6O2.HI/c1-5-15-21-19-11-22(15)9-8-18-16(17-2)20-12-6-7-13(23-3)14(10-12)24-4;/h6-7,10-11H,5,8-9H2,1-4H3,(H2,17,18,20);1H. The van der Waals surface area contributed by atoms with Gasteiger partial charge in [-0.2, -0.15) is 0 Å². The lowest BCUT2D eigenvalue weighted by Gasteiger charge is -2.14. The molecule has 0 saturated heterocycles. The van der Waals surface area contributed by atoms with Crippen molar-refractivity contribution in [1.29, 1.82) is 0 Å². The van der Waals surface area contributed by atoms with Crippen LogP contribution in [-0.2, 0) is 13.0 Å². The van der Waals surface area contributed by atoms with E-state index in [1.54, 1.807) is 27.6 Å². The Balaban J connectivity index is 0.00000312. The SMILES string of the molecule is CCc1nncn1CCNC(=NC)Nc1ccc(OC)c(OC)c1.I. The molecule has 0 bridgehead atoms. The van der Waals surface area contributed by atoms with Gasteiger partial charge in [-0.25, -0.2) is 0 Å². The lowest BCUT2D eigenvalue weighted by atomic mass is 10.3. The number of ether oxygens (including phenoxy) is 2. The Hall–Kier alpha value is -2.04. The highest BCUT2D eigenvalue weighted by atomic mass is 127. The highest BCUT2D eigenvalue weighted by Crippen LogP contribution is 2.29. The molecule has 2 rings (SSSR count). The summed E-state index contributed by atoms with van der Waals surface area (Å²) in [4.78, 5) is 4.22. The van der Waals surface area contributed by atoms with Gasteiger partial charge in [0, 0.05) is 38.3 Å². The molecule has 1 heterocycles. The molecular weight excluding hydrogens is 435 g/mol. The van der Waals surface area contributed by atoms with Crippen molar-refractivity contribution >= 4 is 35.6 Å². The van der Waals surface area contributed by atoms with Gasteiger partial charge in [0.2, 0.25) is 0 Å². The second-order valence-corrected chi connectivity index (χ2v) is 4.99. The van der Waals surface area contributed by atoms with Gasteiger partial charge < -0.3 is 24.7 Å². The molecule has 8 nitrogen and oxygen atoms in total. The first kappa shape index (κ1) is 21.0. The molecule has 1 aromatic heterocycles. The van der Waals surface area contributed by atoms with Crippen LogP contribution in [0.3, 0.4) is 0 Å². The molecule has 2 aromatic rings. The van der Waals surface area contributed by atoms with Crippen LogP contribution in [0.5, 0.6) is 11.5 Å². The Morgan fingerprint density at radius 2 is 2.00 bits per heavy atom. The Morgan fingerprint density at radius 1 is 1.24 bits per heavy atom. The number of aryl methyl sites for hydroxylation is 1. The van der Waals surface area contributed by atoms with Crippen molar-refractivity contribution in [2.24, 2.45) is 4.99 Å². The number of methoxy groups -OCH3 is 2. The van der Waals surface area contributed by atoms with Crippen molar-refractivity contribution < 1.29 is 9.47 Å². The number of aliphatic imine (C=N–C) groups is 1. The van der Waals surface area contributed by atoms with Crippen molar-refractivity contribution in [2.75, 3.05) is 33.1 Å². The first-order valence-electron chi connectivity index (χ1n) is 7.78. The number of hydrogen-bond acceptors (Lipinski definition) is 5. The average molecular weight is 460 g/mol. The molecule has 0 aliphatic heterocycles. The van der Waals surface area contributed by atoms with Crippen LogP contribution in [0.4, 0.5) is 5.69 Å². The van der Waals surface area contributed by atoms with Gasteiger partial charge in [-0.1, -0.05) is 6.92 Å². The average Bonchev–Trinajstić information content (AvgIpc) is 3.08. The quantitative estimate of drug-likeness (QED) is 0.374. The number of benzene rings is 1. The topological polar surface area (TPSA) is 85.6 Å². The molecule has 138 valence electrons. The third kappa shape index (κ3) is 5.76. The molecule has 0 saturated carbocycles. The molecule has 2 N–H and O–H groups in total. The molecule has 0 atom stereocenters. The maximum absolute atomic E-state index is 5.31. The zero-order valence-electron chi connectivity index (χ0n) is 14.9. The molecule has 25 heavy (non-hydrogen) atoms. The summed E-state index contributed by atoms with van der Waals surface area (Å²) in [7, 11) is 4.95. The summed E-state index contributed by atoms with van der Waals surface area (Å²) in [6.07, 6.45) is 2.60. The van der Waals surface area contributed by atoms with Gasteiger partial charge in [0.1, 0.15) is 12.2 Å². The molecule has 0 unspecified atom stereocenters. The summed E-state index contributed by atoms with van der Waals surface area (Å²) in [5, 5.41) is 14.5. The van der Waals surface area contributed by atoms with Crippen LogP contribution in [-0.4, -0.2) is 48.5 Å². The number of nitrogens with one attached hydrogen (secondary N) is 2. The van der Waals surface area contributed by atoms with E-state index in [1.165, 1.54) is 0 Å². The summed E-state index contributed by atoms with van der Waals surface area (Å²) >= 11 is 0. The minimum absolute atomic E-state index is 0. The van der Waals surface area contributed by atoms with Crippen molar-refractivity contribution in [3.63, 3.8) is 0 Å². The molecule has 0 aliphatic rings. The first-order valence-corrected chi connectivity index (χ1v) is 7.78. The van der Waals surface area contributed by atoms with Gasteiger partial charge in [-0.15, -0.1) is 34.2 Å². The Labute approximate surface area is 165 Å². The predicted molar refractivity (Wildman–Crippen MR) is 109 cm³/mol. The fourth-order valence-electron chi connectivity index (χ4n) is 2.26. The smallest absolute Gasteiger partial charge is 0.195 e. The van der Waals surface area contributed by atoms with Crippen LogP contribution < -0.4 is 20.1 Å². The largest absolute Gasteiger partial charge is 0.493 e. The number of rotatable bonds is 7. The van der Waals surface area contributed by atoms with Gasteiger partial charge in [-0.05, 0) is 12.1 Å². The van der Waals surface area contributed by atoms with E-state index in [2.05, 4.69) is 32.7 Å². The summed E-state index contributed by atoms with van der Waals surface area (Å²) in [6, 6.07) is 5.61. The second kappa shape index (κ2) is 10.7. The van der Waals surface area contributed by atoms with Crippen molar-refractivity contribution in [1.82, 2.24) is 20.1 Å². The van der Waals surface area contributed by atoms with E-state index >= 15 is 0 Å². The molecule has 0 radical (unpaired) electrons. The molecular formula is C16H25IN6O2. The Morgan fingerprint density at radius 3 is 2.64 bits per heavy atom. The van der Waals surface area contributed by atoms with E-state index < -0.39 is 0 Å². The zero-order valence-corrected chi connectivity index (χ0v) is 17.3. The molecule has 1 aromatic carbocycles. The van der Waals surface area contributed by atoms with E-state index in [0.29, 0.717) is 24.0 Å². The molecule has 0 amide bonds. The lowest BCUT2D eigenvalue weighted by Crippen LogP contribution is -2.33. The maximum atomic E-state index is 5.31. The second-order valence-electron chi connectivity index (χ2n) is 4.99. The van der Waals surface area contributed by atoms with Gasteiger partial charge in [-0.3, -0.25) is 4.99 Å². The number of guanidine groups is 1. The van der Waals surface area contributed by atoms with E-state index in [9.17, 15) is 0 Å². The normalized spacial score (nSPS) is 10.8. The van der Waals surface area contributed by atoms with Crippen molar-refractivity contribution in [3.05, 3.63) is 30.4 Å². The number of nitrogens with zero attached hydrogens (tertiary/aromatic N) is 4. The monoisotopic (exact) mass is 460 g/mol. The summed E-state index contributed by atoms with van der Waals surface area (Å²) in [6.45, 7) is 3.53. The number of aromatic nitrogens is 3. The lowest BCUT2D eigenvalue weighted by molar-refractivity contribution is 0.355. The van der Waals surface area contributed by atoms with Crippen molar-refractivity contribution in [3.8, 4) is 11.5 Å². The van der Waals surface area contributed by atoms with Crippen LogP contribution in [0.2, 0.25) is 0 Å². The third-order valence-electron chi connectivity index (χ3n) is 3.53. The van der Waals surface area contributed by atoms with Gasteiger partial charge in [0.05, 0.1) is 14.2 Å². The van der Waals surface area contributed by atoms with Crippen LogP contribution in [0.25, 0.3) is 0 Å². The van der Waals surface area contributed by atoms with Crippen LogP contribution in [0.1, 0.15) is 12.7 Å². The Bertz CT molecular complexity index is 689. The first-order chi connectivity index (χ1) is 11.7. The van der Waals surface area contributed by atoms with E-state index in [1.807, 2.05) is 22.8 Å². The number of halogens is 1. The maximum Gasteiger partial charge on any atom is 0.195 e. The van der Waals surface area contributed by atoms with Crippen LogP contribution in [0, 0.1) is 0 Å². The molecule has 0 spiro atoms. The minimum atomic E-state index is 0. The van der Waals surface area contributed by atoms with Gasteiger partial charge in [0.25, 0.3) is 0 Å². The molecule has 9 heteroatoms. The van der Waals surface area contributed by atoms with Gasteiger partial charge >= 0.3 is 0 Å². The van der Waals surface area contributed by atoms with E-state index in [-0.39, 0.29) is 24.0 Å². The highest BCUT2D eigenvalue weighted by molar-refractivity contribution is 14.0. The zero-order chi connectivity index (χ0) is 17.4. The number of hydrogen-bond donors (Lipinski definition) is 2. The third-order valence-corrected chi connectivity index (χ3v) is 3.53. The van der Waals surface area contributed by atoms with E-state index in [4.69, 9.17) is 9.47 Å². The Kier molecular flexibility index (Phi) is 9.03. The molecule has 0 fully saturated rings. The fraction of sp³-hybridized carbons (Fsp3) is 0.438. The van der Waals surface area contributed by atoms with Crippen LogP contribution >= 0.6 is 24.0 Å². The predicted octanol–water partition coefficient (Wildman–Crippen LogP) is 2.16. The van der Waals surface area contributed by atoms with Crippen LogP contribution in [0.15, 0.2) is 29.5 Å². The number of anilines is 1. The van der Waals surface area contributed by atoms with E-state index in [0.717, 1.165) is 24.5 Å².